The van der Waals surface area contributed by atoms with E-state index in [2.05, 4.69) is 20.4 Å². The molecule has 6 nitrogen and oxygen atoms in total. The zero-order valence-corrected chi connectivity index (χ0v) is 12.0. The van der Waals surface area contributed by atoms with Gasteiger partial charge in [0.25, 0.3) is 5.91 Å². The van der Waals surface area contributed by atoms with Crippen LogP contribution in [0, 0.1) is 0 Å². The summed E-state index contributed by atoms with van der Waals surface area (Å²) in [5, 5.41) is 7.01. The molecule has 1 N–H and O–H groups in total. The third-order valence-corrected chi connectivity index (χ3v) is 3.37. The molecule has 3 rings (SSSR count). The zero-order chi connectivity index (χ0) is 15.4. The Balaban J connectivity index is 1.70. The molecule has 1 aromatic carbocycles. The fraction of sp³-hybridized carbons (Fsp3) is 0.125. The molecule has 2 heterocycles. The Kier molecular flexibility index (Phi) is 3.91. The molecule has 0 fully saturated rings. The Morgan fingerprint density at radius 1 is 1.09 bits per heavy atom. The lowest BCUT2D eigenvalue weighted by Gasteiger charge is -2.14. The summed E-state index contributed by atoms with van der Waals surface area (Å²) in [6.45, 7) is 1.94. The molecule has 110 valence electrons. The maximum absolute atomic E-state index is 12.3. The van der Waals surface area contributed by atoms with E-state index in [-0.39, 0.29) is 11.9 Å². The van der Waals surface area contributed by atoms with Gasteiger partial charge in [0.15, 0.2) is 0 Å². The van der Waals surface area contributed by atoms with Gasteiger partial charge in [-0.05, 0) is 48.9 Å². The highest BCUT2D eigenvalue weighted by Crippen LogP contribution is 2.13. The number of aromatic nitrogens is 4. The van der Waals surface area contributed by atoms with Crippen molar-refractivity contribution in [1.29, 1.82) is 0 Å². The van der Waals surface area contributed by atoms with E-state index in [0.717, 1.165) is 11.3 Å². The van der Waals surface area contributed by atoms with Crippen molar-refractivity contribution >= 4 is 5.91 Å². The summed E-state index contributed by atoms with van der Waals surface area (Å²) in [6.07, 6.45) is 6.51. The van der Waals surface area contributed by atoms with Crippen molar-refractivity contribution in [2.75, 3.05) is 0 Å². The van der Waals surface area contributed by atoms with Gasteiger partial charge in [0.2, 0.25) is 0 Å². The number of carbonyl (C=O) groups is 1. The molecule has 0 saturated carbocycles. The first-order valence-electron chi connectivity index (χ1n) is 6.90. The molecule has 22 heavy (non-hydrogen) atoms. The van der Waals surface area contributed by atoms with Gasteiger partial charge in [0.1, 0.15) is 12.7 Å². The lowest BCUT2D eigenvalue weighted by Crippen LogP contribution is -2.26. The van der Waals surface area contributed by atoms with Crippen LogP contribution in [0.25, 0.3) is 5.69 Å². The SMILES string of the molecule is CC(NC(=O)c1ccc(-n2cncn2)cc1)c1ccncc1. The monoisotopic (exact) mass is 293 g/mol. The molecule has 0 bridgehead atoms. The lowest BCUT2D eigenvalue weighted by atomic mass is 10.1. The summed E-state index contributed by atoms with van der Waals surface area (Å²) in [4.78, 5) is 20.1. The summed E-state index contributed by atoms with van der Waals surface area (Å²) in [7, 11) is 0. The predicted octanol–water partition coefficient (Wildman–Crippen LogP) is 2.15. The molecule has 0 radical (unpaired) electrons. The van der Waals surface area contributed by atoms with Gasteiger partial charge in [0.05, 0.1) is 11.7 Å². The fourth-order valence-electron chi connectivity index (χ4n) is 2.12. The number of nitrogens with one attached hydrogen (secondary N) is 1. The fourth-order valence-corrected chi connectivity index (χ4v) is 2.12. The number of rotatable bonds is 4. The van der Waals surface area contributed by atoms with E-state index in [9.17, 15) is 4.79 Å². The topological polar surface area (TPSA) is 72.7 Å². The molecule has 0 aliphatic rings. The van der Waals surface area contributed by atoms with Crippen LogP contribution in [0.1, 0.15) is 28.9 Å². The van der Waals surface area contributed by atoms with Gasteiger partial charge in [-0.1, -0.05) is 0 Å². The second-order valence-corrected chi connectivity index (χ2v) is 4.86. The molecule has 1 atom stereocenters. The Hall–Kier alpha value is -3.02. The first-order valence-corrected chi connectivity index (χ1v) is 6.90. The van der Waals surface area contributed by atoms with Gasteiger partial charge >= 0.3 is 0 Å². The van der Waals surface area contributed by atoms with Gasteiger partial charge in [-0.15, -0.1) is 0 Å². The van der Waals surface area contributed by atoms with Crippen LogP contribution in [0.4, 0.5) is 0 Å². The Morgan fingerprint density at radius 2 is 1.82 bits per heavy atom. The summed E-state index contributed by atoms with van der Waals surface area (Å²) in [5.74, 6) is -0.116. The summed E-state index contributed by atoms with van der Waals surface area (Å²) >= 11 is 0. The molecule has 0 spiro atoms. The van der Waals surface area contributed by atoms with Crippen LogP contribution < -0.4 is 5.32 Å². The van der Waals surface area contributed by atoms with Crippen molar-refractivity contribution in [3.8, 4) is 5.69 Å². The van der Waals surface area contributed by atoms with Crippen molar-refractivity contribution in [3.63, 3.8) is 0 Å². The molecule has 0 saturated heterocycles. The van der Waals surface area contributed by atoms with Gasteiger partial charge in [-0.25, -0.2) is 9.67 Å². The summed E-state index contributed by atoms with van der Waals surface area (Å²) in [5.41, 5.74) is 2.48. The Bertz CT molecular complexity index is 738. The molecular formula is C16H15N5O. The summed E-state index contributed by atoms with van der Waals surface area (Å²) < 4.78 is 1.64. The van der Waals surface area contributed by atoms with Crippen LogP contribution in [0.5, 0.6) is 0 Å². The number of nitrogens with zero attached hydrogens (tertiary/aromatic N) is 4. The maximum Gasteiger partial charge on any atom is 0.251 e. The highest BCUT2D eigenvalue weighted by molar-refractivity contribution is 5.94. The van der Waals surface area contributed by atoms with Crippen molar-refractivity contribution < 1.29 is 4.79 Å². The molecule has 0 aliphatic carbocycles. The van der Waals surface area contributed by atoms with Crippen LogP contribution in [0.15, 0.2) is 61.4 Å². The normalized spacial score (nSPS) is 11.9. The third kappa shape index (κ3) is 3.01. The summed E-state index contributed by atoms with van der Waals surface area (Å²) in [6, 6.07) is 10.9. The van der Waals surface area contributed by atoms with Crippen molar-refractivity contribution in [2.24, 2.45) is 0 Å². The minimum absolute atomic E-state index is 0.0782. The van der Waals surface area contributed by atoms with Crippen LogP contribution in [-0.2, 0) is 0 Å². The number of hydrogen-bond donors (Lipinski definition) is 1. The van der Waals surface area contributed by atoms with Crippen LogP contribution in [0.3, 0.4) is 0 Å². The second kappa shape index (κ2) is 6.17. The number of pyridine rings is 1. The molecule has 1 unspecified atom stereocenters. The molecule has 6 heteroatoms. The first-order chi connectivity index (χ1) is 10.7. The number of carbonyl (C=O) groups excluding carboxylic acids is 1. The van der Waals surface area contributed by atoms with E-state index in [4.69, 9.17) is 0 Å². The van der Waals surface area contributed by atoms with E-state index in [1.807, 2.05) is 31.2 Å². The van der Waals surface area contributed by atoms with E-state index >= 15 is 0 Å². The van der Waals surface area contributed by atoms with Crippen LogP contribution >= 0.6 is 0 Å². The minimum Gasteiger partial charge on any atom is -0.346 e. The maximum atomic E-state index is 12.3. The highest BCUT2D eigenvalue weighted by Gasteiger charge is 2.11. The average molecular weight is 293 g/mol. The number of hydrogen-bond acceptors (Lipinski definition) is 4. The van der Waals surface area contributed by atoms with Gasteiger partial charge in [-0.3, -0.25) is 9.78 Å². The Morgan fingerprint density at radius 3 is 2.45 bits per heavy atom. The smallest absolute Gasteiger partial charge is 0.251 e. The van der Waals surface area contributed by atoms with Gasteiger partial charge in [0, 0.05) is 18.0 Å². The van der Waals surface area contributed by atoms with E-state index < -0.39 is 0 Å². The second-order valence-electron chi connectivity index (χ2n) is 4.86. The van der Waals surface area contributed by atoms with Crippen molar-refractivity contribution in [1.82, 2.24) is 25.1 Å². The van der Waals surface area contributed by atoms with E-state index in [1.165, 1.54) is 6.33 Å². The quantitative estimate of drug-likeness (QED) is 0.800. The lowest BCUT2D eigenvalue weighted by molar-refractivity contribution is 0.0940. The molecular weight excluding hydrogens is 278 g/mol. The van der Waals surface area contributed by atoms with E-state index in [1.54, 1.807) is 35.5 Å². The van der Waals surface area contributed by atoms with Crippen LogP contribution in [-0.4, -0.2) is 25.7 Å². The number of amides is 1. The standard InChI is InChI=1S/C16H15N5O/c1-12(13-6-8-17-9-7-13)20-16(22)14-2-4-15(5-3-14)21-11-18-10-19-21/h2-12H,1H3,(H,20,22). The van der Waals surface area contributed by atoms with Crippen molar-refractivity contribution in [3.05, 3.63) is 72.6 Å². The minimum atomic E-state index is -0.116. The molecule has 1 amide bonds. The average Bonchev–Trinajstić information content (AvgIpc) is 3.10. The first kappa shape index (κ1) is 13.9. The van der Waals surface area contributed by atoms with Gasteiger partial charge in [-0.2, -0.15) is 5.10 Å². The molecule has 3 aromatic rings. The number of benzene rings is 1. The molecule has 2 aromatic heterocycles. The van der Waals surface area contributed by atoms with Crippen molar-refractivity contribution in [2.45, 2.75) is 13.0 Å². The zero-order valence-electron chi connectivity index (χ0n) is 12.0. The van der Waals surface area contributed by atoms with Gasteiger partial charge < -0.3 is 5.32 Å². The predicted molar refractivity (Wildman–Crippen MR) is 81.5 cm³/mol. The van der Waals surface area contributed by atoms with E-state index in [0.29, 0.717) is 5.56 Å². The Labute approximate surface area is 127 Å². The highest BCUT2D eigenvalue weighted by atomic mass is 16.1. The molecule has 0 aliphatic heterocycles. The van der Waals surface area contributed by atoms with Crippen LogP contribution in [0.2, 0.25) is 0 Å². The third-order valence-electron chi connectivity index (χ3n) is 3.37. The largest absolute Gasteiger partial charge is 0.346 e.